The van der Waals surface area contributed by atoms with Crippen LogP contribution in [0, 0.1) is 5.82 Å². The minimum absolute atomic E-state index is 0.119. The molecule has 0 saturated carbocycles. The number of ketones is 1. The van der Waals surface area contributed by atoms with E-state index in [1.807, 2.05) is 0 Å². The predicted octanol–water partition coefficient (Wildman–Crippen LogP) is 5.43. The first-order valence-corrected chi connectivity index (χ1v) is 7.35. The molecule has 0 radical (unpaired) electrons. The molecule has 0 aliphatic rings. The zero-order valence-electron chi connectivity index (χ0n) is 9.59. The fraction of sp³-hybridized carbons (Fsp3) is 0.0714. The number of hydrogen-bond acceptors (Lipinski definition) is 1. The lowest BCUT2D eigenvalue weighted by molar-refractivity contribution is 0.0992. The second-order valence-electron chi connectivity index (χ2n) is 4.00. The van der Waals surface area contributed by atoms with Gasteiger partial charge in [-0.2, -0.15) is 0 Å². The van der Waals surface area contributed by atoms with E-state index < -0.39 is 0 Å². The Labute approximate surface area is 132 Å². The van der Waals surface area contributed by atoms with E-state index in [1.54, 1.807) is 24.3 Å². The van der Waals surface area contributed by atoms with Gasteiger partial charge in [0, 0.05) is 26.0 Å². The van der Waals surface area contributed by atoms with Crippen LogP contribution in [0.4, 0.5) is 4.39 Å². The van der Waals surface area contributed by atoms with Crippen molar-refractivity contribution in [2.45, 2.75) is 6.42 Å². The molecular formula is C14H8Br2ClFO. The van der Waals surface area contributed by atoms with Gasteiger partial charge in [0.25, 0.3) is 0 Å². The maximum Gasteiger partial charge on any atom is 0.168 e. The van der Waals surface area contributed by atoms with Crippen LogP contribution in [0.15, 0.2) is 45.3 Å². The first-order chi connectivity index (χ1) is 8.95. The van der Waals surface area contributed by atoms with Crippen LogP contribution >= 0.6 is 43.5 Å². The van der Waals surface area contributed by atoms with Gasteiger partial charge in [-0.25, -0.2) is 4.39 Å². The SMILES string of the molecule is O=C(Cc1cc(F)cc(Br)c1)c1cc(Cl)ccc1Br. The standard InChI is InChI=1S/C14H8Br2ClFO/c15-9-3-8(4-11(18)6-9)5-14(19)12-7-10(17)1-2-13(12)16/h1-4,6-7H,5H2. The minimum atomic E-state index is -0.373. The Balaban J connectivity index is 2.28. The molecule has 0 aromatic heterocycles. The van der Waals surface area contributed by atoms with Gasteiger partial charge in [0.15, 0.2) is 5.78 Å². The van der Waals surface area contributed by atoms with E-state index in [0.29, 0.717) is 25.1 Å². The quantitative estimate of drug-likeness (QED) is 0.621. The molecule has 0 aliphatic heterocycles. The number of benzene rings is 2. The molecule has 0 spiro atoms. The molecule has 2 aromatic rings. The van der Waals surface area contributed by atoms with Crippen molar-refractivity contribution >= 4 is 49.2 Å². The number of Topliss-reactive ketones (excluding diaryl/α,β-unsaturated/α-hetero) is 1. The molecule has 98 valence electrons. The Morgan fingerprint density at radius 1 is 1.16 bits per heavy atom. The topological polar surface area (TPSA) is 17.1 Å². The van der Waals surface area contributed by atoms with Gasteiger partial charge in [-0.1, -0.05) is 43.5 Å². The third kappa shape index (κ3) is 3.88. The number of rotatable bonds is 3. The van der Waals surface area contributed by atoms with Gasteiger partial charge in [-0.05, 0) is 42.0 Å². The molecule has 0 heterocycles. The van der Waals surface area contributed by atoms with Crippen molar-refractivity contribution in [1.29, 1.82) is 0 Å². The van der Waals surface area contributed by atoms with Crippen molar-refractivity contribution < 1.29 is 9.18 Å². The smallest absolute Gasteiger partial charge is 0.168 e. The number of carbonyl (C=O) groups is 1. The summed E-state index contributed by atoms with van der Waals surface area (Å²) in [4.78, 5) is 12.2. The third-order valence-electron chi connectivity index (χ3n) is 2.52. The van der Waals surface area contributed by atoms with Gasteiger partial charge in [-0.15, -0.1) is 0 Å². The van der Waals surface area contributed by atoms with E-state index >= 15 is 0 Å². The molecule has 2 aromatic carbocycles. The Morgan fingerprint density at radius 2 is 1.89 bits per heavy atom. The van der Waals surface area contributed by atoms with Crippen LogP contribution in [-0.2, 0) is 6.42 Å². The zero-order chi connectivity index (χ0) is 14.0. The summed E-state index contributed by atoms with van der Waals surface area (Å²) in [6.45, 7) is 0. The summed E-state index contributed by atoms with van der Waals surface area (Å²) in [6, 6.07) is 9.43. The Kier molecular flexibility index (Phi) is 4.76. The molecule has 0 saturated heterocycles. The summed E-state index contributed by atoms with van der Waals surface area (Å²) in [5.41, 5.74) is 1.11. The van der Waals surface area contributed by atoms with Gasteiger partial charge in [0.05, 0.1) is 0 Å². The maximum absolute atomic E-state index is 13.3. The molecule has 0 N–H and O–H groups in total. The molecule has 0 unspecified atom stereocenters. The lowest BCUT2D eigenvalue weighted by Crippen LogP contribution is -2.05. The first kappa shape index (κ1) is 14.7. The maximum atomic E-state index is 13.3. The number of carbonyl (C=O) groups excluding carboxylic acids is 1. The van der Waals surface area contributed by atoms with Crippen molar-refractivity contribution in [3.8, 4) is 0 Å². The van der Waals surface area contributed by atoms with E-state index in [0.717, 1.165) is 0 Å². The fourth-order valence-electron chi connectivity index (χ4n) is 1.70. The Morgan fingerprint density at radius 3 is 2.58 bits per heavy atom. The Bertz CT molecular complexity index is 623. The number of hydrogen-bond donors (Lipinski definition) is 0. The summed E-state index contributed by atoms with van der Waals surface area (Å²) < 4.78 is 14.5. The van der Waals surface area contributed by atoms with E-state index in [9.17, 15) is 9.18 Å². The van der Waals surface area contributed by atoms with Crippen molar-refractivity contribution in [2.75, 3.05) is 0 Å². The van der Waals surface area contributed by atoms with Gasteiger partial charge < -0.3 is 0 Å². The van der Waals surface area contributed by atoms with E-state index in [1.165, 1.54) is 12.1 Å². The predicted molar refractivity (Wildman–Crippen MR) is 81.3 cm³/mol. The second-order valence-corrected chi connectivity index (χ2v) is 6.21. The monoisotopic (exact) mass is 404 g/mol. The fourth-order valence-corrected chi connectivity index (χ4v) is 2.86. The van der Waals surface area contributed by atoms with Crippen LogP contribution in [0.2, 0.25) is 5.02 Å². The summed E-state index contributed by atoms with van der Waals surface area (Å²) >= 11 is 12.4. The lowest BCUT2D eigenvalue weighted by Gasteiger charge is -2.05. The van der Waals surface area contributed by atoms with E-state index in [2.05, 4.69) is 31.9 Å². The van der Waals surface area contributed by atoms with Crippen LogP contribution in [-0.4, -0.2) is 5.78 Å². The molecule has 0 amide bonds. The number of halogens is 4. The van der Waals surface area contributed by atoms with Gasteiger partial charge in [0.1, 0.15) is 5.82 Å². The summed E-state index contributed by atoms with van der Waals surface area (Å²) in [7, 11) is 0. The molecule has 0 bridgehead atoms. The average molecular weight is 406 g/mol. The van der Waals surface area contributed by atoms with Crippen molar-refractivity contribution in [3.05, 3.63) is 67.3 Å². The minimum Gasteiger partial charge on any atom is -0.294 e. The van der Waals surface area contributed by atoms with Gasteiger partial charge >= 0.3 is 0 Å². The average Bonchev–Trinajstić information content (AvgIpc) is 2.30. The van der Waals surface area contributed by atoms with E-state index in [4.69, 9.17) is 11.6 Å². The zero-order valence-corrected chi connectivity index (χ0v) is 13.5. The van der Waals surface area contributed by atoms with Crippen LogP contribution < -0.4 is 0 Å². The van der Waals surface area contributed by atoms with Crippen LogP contribution in [0.5, 0.6) is 0 Å². The highest BCUT2D eigenvalue weighted by molar-refractivity contribution is 9.10. The van der Waals surface area contributed by atoms with Crippen LogP contribution in [0.3, 0.4) is 0 Å². The summed E-state index contributed by atoms with van der Waals surface area (Å²) in [6.07, 6.45) is 0.120. The molecular weight excluding hydrogens is 398 g/mol. The highest BCUT2D eigenvalue weighted by Gasteiger charge is 2.12. The molecule has 2 rings (SSSR count). The van der Waals surface area contributed by atoms with Crippen molar-refractivity contribution in [2.24, 2.45) is 0 Å². The van der Waals surface area contributed by atoms with Crippen molar-refractivity contribution in [1.82, 2.24) is 0 Å². The molecule has 0 atom stereocenters. The molecule has 0 aliphatic carbocycles. The highest BCUT2D eigenvalue weighted by atomic mass is 79.9. The van der Waals surface area contributed by atoms with E-state index in [-0.39, 0.29) is 18.0 Å². The largest absolute Gasteiger partial charge is 0.294 e. The molecule has 0 fully saturated rings. The molecule has 5 heteroatoms. The molecule has 1 nitrogen and oxygen atoms in total. The normalized spacial score (nSPS) is 10.5. The molecule has 19 heavy (non-hydrogen) atoms. The van der Waals surface area contributed by atoms with Gasteiger partial charge in [-0.3, -0.25) is 4.79 Å². The summed E-state index contributed by atoms with van der Waals surface area (Å²) in [5, 5.41) is 0.493. The third-order valence-corrected chi connectivity index (χ3v) is 3.90. The summed E-state index contributed by atoms with van der Waals surface area (Å²) in [5.74, 6) is -0.491. The van der Waals surface area contributed by atoms with Crippen LogP contribution in [0.1, 0.15) is 15.9 Å². The highest BCUT2D eigenvalue weighted by Crippen LogP contribution is 2.23. The van der Waals surface area contributed by atoms with Gasteiger partial charge in [0.2, 0.25) is 0 Å². The van der Waals surface area contributed by atoms with Crippen LogP contribution in [0.25, 0.3) is 0 Å². The second kappa shape index (κ2) is 6.16. The van der Waals surface area contributed by atoms with Crippen molar-refractivity contribution in [3.63, 3.8) is 0 Å². The lowest BCUT2D eigenvalue weighted by atomic mass is 10.0. The first-order valence-electron chi connectivity index (χ1n) is 5.39. The Hall–Kier alpha value is -0.710.